The number of hydrogen-bond donors (Lipinski definition) is 0. The molecule has 0 bridgehead atoms. The molecule has 0 aliphatic carbocycles. The van der Waals surface area contributed by atoms with Crippen LogP contribution in [-0.2, 0) is 19.1 Å². The van der Waals surface area contributed by atoms with Crippen LogP contribution in [0.5, 0.6) is 0 Å². The van der Waals surface area contributed by atoms with Gasteiger partial charge in [0.1, 0.15) is 11.9 Å². The van der Waals surface area contributed by atoms with Gasteiger partial charge in [0, 0.05) is 25.1 Å². The maximum absolute atomic E-state index is 12.9. The Morgan fingerprint density at radius 1 is 1.20 bits per heavy atom. The standard InChI is InChI=1S/C18H20FNO5/c1-11-10-15(18(23)24-11)25-17(22)13-6-8-20(9-7-13)16(21)12-2-4-14(19)5-3-12/h2-5,11,13,15H,6-10H2,1H3/t11-,15+/m0/s1. The van der Waals surface area contributed by atoms with Crippen LogP contribution in [0.2, 0.25) is 0 Å². The van der Waals surface area contributed by atoms with Gasteiger partial charge in [0.25, 0.3) is 5.91 Å². The molecule has 2 atom stereocenters. The molecule has 0 aromatic heterocycles. The molecule has 0 saturated carbocycles. The molecule has 1 amide bonds. The zero-order valence-electron chi connectivity index (χ0n) is 13.9. The SMILES string of the molecule is C[C@H]1C[C@@H](OC(=O)C2CCN(C(=O)c3ccc(F)cc3)CC2)C(=O)O1. The first-order valence-corrected chi connectivity index (χ1v) is 8.40. The second-order valence-corrected chi connectivity index (χ2v) is 6.48. The van der Waals surface area contributed by atoms with Gasteiger partial charge in [-0.05, 0) is 44.0 Å². The van der Waals surface area contributed by atoms with Crippen molar-refractivity contribution in [1.29, 1.82) is 0 Å². The van der Waals surface area contributed by atoms with Gasteiger partial charge in [-0.2, -0.15) is 0 Å². The highest BCUT2D eigenvalue weighted by Gasteiger charge is 2.37. The maximum atomic E-state index is 12.9. The fraction of sp³-hybridized carbons (Fsp3) is 0.500. The number of benzene rings is 1. The normalized spacial score (nSPS) is 24.1. The molecule has 1 aromatic carbocycles. The summed E-state index contributed by atoms with van der Waals surface area (Å²) in [6, 6.07) is 5.40. The molecular formula is C18H20FNO5. The largest absolute Gasteiger partial charge is 0.460 e. The van der Waals surface area contributed by atoms with Gasteiger partial charge in [0.05, 0.1) is 5.92 Å². The highest BCUT2D eigenvalue weighted by Crippen LogP contribution is 2.24. The molecule has 1 aromatic rings. The van der Waals surface area contributed by atoms with Crippen molar-refractivity contribution in [2.45, 2.75) is 38.4 Å². The molecule has 7 heteroatoms. The van der Waals surface area contributed by atoms with Crippen LogP contribution < -0.4 is 0 Å². The van der Waals surface area contributed by atoms with Crippen molar-refractivity contribution in [2.75, 3.05) is 13.1 Å². The van der Waals surface area contributed by atoms with Crippen LogP contribution in [0.4, 0.5) is 4.39 Å². The summed E-state index contributed by atoms with van der Waals surface area (Å²) in [5.74, 6) is -1.81. The fourth-order valence-electron chi connectivity index (χ4n) is 3.15. The van der Waals surface area contributed by atoms with E-state index >= 15 is 0 Å². The van der Waals surface area contributed by atoms with Gasteiger partial charge < -0.3 is 14.4 Å². The lowest BCUT2D eigenvalue weighted by Crippen LogP contribution is -2.41. The van der Waals surface area contributed by atoms with Crippen LogP contribution in [0, 0.1) is 11.7 Å². The molecule has 3 rings (SSSR count). The first kappa shape index (κ1) is 17.4. The van der Waals surface area contributed by atoms with Crippen molar-refractivity contribution in [3.63, 3.8) is 0 Å². The molecule has 6 nitrogen and oxygen atoms in total. The molecule has 0 N–H and O–H groups in total. The van der Waals surface area contributed by atoms with Gasteiger partial charge in [0.2, 0.25) is 6.10 Å². The number of likely N-dealkylation sites (tertiary alicyclic amines) is 1. The number of piperidine rings is 1. The highest BCUT2D eigenvalue weighted by atomic mass is 19.1. The van der Waals surface area contributed by atoms with E-state index in [-0.39, 0.29) is 17.9 Å². The molecule has 2 saturated heterocycles. The summed E-state index contributed by atoms with van der Waals surface area (Å²) in [5.41, 5.74) is 0.421. The summed E-state index contributed by atoms with van der Waals surface area (Å²) < 4.78 is 23.2. The lowest BCUT2D eigenvalue weighted by molar-refractivity contribution is -0.164. The minimum atomic E-state index is -0.818. The van der Waals surface area contributed by atoms with Crippen molar-refractivity contribution >= 4 is 17.8 Å². The number of amides is 1. The summed E-state index contributed by atoms with van der Waals surface area (Å²) in [5, 5.41) is 0. The summed E-state index contributed by atoms with van der Waals surface area (Å²) in [7, 11) is 0. The Morgan fingerprint density at radius 2 is 1.84 bits per heavy atom. The van der Waals surface area contributed by atoms with E-state index < -0.39 is 23.9 Å². The zero-order chi connectivity index (χ0) is 18.0. The predicted molar refractivity (Wildman–Crippen MR) is 85.1 cm³/mol. The second-order valence-electron chi connectivity index (χ2n) is 6.48. The molecule has 25 heavy (non-hydrogen) atoms. The summed E-state index contributed by atoms with van der Waals surface area (Å²) in [6.45, 7) is 2.59. The summed E-state index contributed by atoms with van der Waals surface area (Å²) in [4.78, 5) is 37.8. The van der Waals surface area contributed by atoms with Gasteiger partial charge in [0.15, 0.2) is 0 Å². The minimum Gasteiger partial charge on any atom is -0.460 e. The van der Waals surface area contributed by atoms with E-state index in [2.05, 4.69) is 0 Å². The third-order valence-corrected chi connectivity index (χ3v) is 4.59. The average molecular weight is 349 g/mol. The number of esters is 2. The molecule has 2 aliphatic heterocycles. The van der Waals surface area contributed by atoms with E-state index in [4.69, 9.17) is 9.47 Å². The number of cyclic esters (lactones) is 1. The fourth-order valence-corrected chi connectivity index (χ4v) is 3.15. The van der Waals surface area contributed by atoms with Gasteiger partial charge in [-0.3, -0.25) is 9.59 Å². The topological polar surface area (TPSA) is 72.9 Å². The number of halogens is 1. The number of rotatable bonds is 3. The van der Waals surface area contributed by atoms with Crippen LogP contribution in [-0.4, -0.2) is 48.0 Å². The van der Waals surface area contributed by atoms with E-state index in [1.807, 2.05) is 0 Å². The Kier molecular flexibility index (Phi) is 5.01. The number of hydrogen-bond acceptors (Lipinski definition) is 5. The number of ether oxygens (including phenoxy) is 2. The van der Waals surface area contributed by atoms with E-state index in [1.165, 1.54) is 24.3 Å². The van der Waals surface area contributed by atoms with E-state index in [0.29, 0.717) is 37.9 Å². The number of carbonyl (C=O) groups is 3. The number of nitrogens with zero attached hydrogens (tertiary/aromatic N) is 1. The lowest BCUT2D eigenvalue weighted by Gasteiger charge is -2.31. The molecule has 0 unspecified atom stereocenters. The third kappa shape index (κ3) is 3.97. The monoisotopic (exact) mass is 349 g/mol. The van der Waals surface area contributed by atoms with Crippen LogP contribution in [0.15, 0.2) is 24.3 Å². The summed E-state index contributed by atoms with van der Waals surface area (Å²) >= 11 is 0. The van der Waals surface area contributed by atoms with Crippen LogP contribution in [0.3, 0.4) is 0 Å². The Bertz CT molecular complexity index is 667. The van der Waals surface area contributed by atoms with Crippen molar-refractivity contribution in [1.82, 2.24) is 4.90 Å². The zero-order valence-corrected chi connectivity index (χ0v) is 13.9. The van der Waals surface area contributed by atoms with Crippen molar-refractivity contribution in [2.24, 2.45) is 5.92 Å². The van der Waals surface area contributed by atoms with Crippen LogP contribution >= 0.6 is 0 Å². The van der Waals surface area contributed by atoms with E-state index in [1.54, 1.807) is 11.8 Å². The lowest BCUT2D eigenvalue weighted by atomic mass is 9.96. The van der Waals surface area contributed by atoms with Crippen LogP contribution in [0.1, 0.15) is 36.5 Å². The first-order chi connectivity index (χ1) is 11.9. The predicted octanol–water partition coefficient (Wildman–Crippen LogP) is 1.93. The second kappa shape index (κ2) is 7.21. The Balaban J connectivity index is 1.51. The first-order valence-electron chi connectivity index (χ1n) is 8.40. The minimum absolute atomic E-state index is 0.181. The third-order valence-electron chi connectivity index (χ3n) is 4.59. The maximum Gasteiger partial charge on any atom is 0.347 e. The Labute approximate surface area is 144 Å². The van der Waals surface area contributed by atoms with E-state index in [0.717, 1.165) is 0 Å². The smallest absolute Gasteiger partial charge is 0.347 e. The molecule has 2 heterocycles. The molecule has 2 aliphatic rings. The molecule has 134 valence electrons. The van der Waals surface area contributed by atoms with Gasteiger partial charge in [-0.15, -0.1) is 0 Å². The molecule has 0 radical (unpaired) electrons. The Hall–Kier alpha value is -2.44. The van der Waals surface area contributed by atoms with E-state index in [9.17, 15) is 18.8 Å². The van der Waals surface area contributed by atoms with Gasteiger partial charge in [-0.25, -0.2) is 9.18 Å². The molecular weight excluding hydrogens is 329 g/mol. The Morgan fingerprint density at radius 3 is 2.40 bits per heavy atom. The average Bonchev–Trinajstić information content (AvgIpc) is 2.92. The van der Waals surface area contributed by atoms with Crippen molar-refractivity contribution < 1.29 is 28.2 Å². The van der Waals surface area contributed by atoms with Crippen molar-refractivity contribution in [3.05, 3.63) is 35.6 Å². The number of carbonyl (C=O) groups excluding carboxylic acids is 3. The molecule has 2 fully saturated rings. The quantitative estimate of drug-likeness (QED) is 0.780. The van der Waals surface area contributed by atoms with Crippen molar-refractivity contribution in [3.8, 4) is 0 Å². The van der Waals surface area contributed by atoms with Crippen LogP contribution in [0.25, 0.3) is 0 Å². The summed E-state index contributed by atoms with van der Waals surface area (Å²) in [6.07, 6.45) is 0.278. The van der Waals surface area contributed by atoms with Gasteiger partial charge in [-0.1, -0.05) is 0 Å². The van der Waals surface area contributed by atoms with Gasteiger partial charge >= 0.3 is 11.9 Å². The molecule has 0 spiro atoms. The highest BCUT2D eigenvalue weighted by molar-refractivity contribution is 5.94.